The van der Waals surface area contributed by atoms with Crippen LogP contribution in [0.5, 0.6) is 11.5 Å². The zero-order valence-electron chi connectivity index (χ0n) is 23.4. The summed E-state index contributed by atoms with van der Waals surface area (Å²) in [7, 11) is 0. The van der Waals surface area contributed by atoms with E-state index in [0.717, 1.165) is 61.4 Å². The summed E-state index contributed by atoms with van der Waals surface area (Å²) in [4.78, 5) is 0. The first-order valence-electron chi connectivity index (χ1n) is 14.9. The molecular formula is C31H40N4O4S2. The Labute approximate surface area is 253 Å². The van der Waals surface area contributed by atoms with Crippen LogP contribution in [0.25, 0.3) is 0 Å². The second-order valence-corrected chi connectivity index (χ2v) is 12.6. The molecule has 2 saturated carbocycles. The molecule has 2 aliphatic heterocycles. The number of benzene rings is 2. The van der Waals surface area contributed by atoms with Gasteiger partial charge in [0.05, 0.1) is 54.3 Å². The fourth-order valence-electron chi connectivity index (χ4n) is 6.25. The molecule has 0 radical (unpaired) electrons. The van der Waals surface area contributed by atoms with E-state index in [9.17, 15) is 0 Å². The van der Waals surface area contributed by atoms with E-state index in [0.29, 0.717) is 36.7 Å². The Morgan fingerprint density at radius 3 is 1.56 bits per heavy atom. The molecule has 4 atom stereocenters. The lowest BCUT2D eigenvalue weighted by Crippen LogP contribution is -2.57. The van der Waals surface area contributed by atoms with Crippen molar-refractivity contribution in [2.24, 2.45) is 5.41 Å². The summed E-state index contributed by atoms with van der Waals surface area (Å²) in [5.41, 5.74) is 1.04. The van der Waals surface area contributed by atoms with E-state index >= 15 is 0 Å². The Kier molecular flexibility index (Phi) is 9.10. The first kappa shape index (κ1) is 28.5. The molecule has 41 heavy (non-hydrogen) atoms. The highest BCUT2D eigenvalue weighted by molar-refractivity contribution is 7.80. The van der Waals surface area contributed by atoms with E-state index in [4.69, 9.17) is 43.4 Å². The van der Waals surface area contributed by atoms with Gasteiger partial charge in [0.2, 0.25) is 0 Å². The maximum atomic E-state index is 6.77. The molecule has 0 bridgehead atoms. The fraction of sp³-hybridized carbons (Fsp3) is 0.548. The Bertz CT molecular complexity index is 1140. The highest BCUT2D eigenvalue weighted by Gasteiger charge is 2.40. The van der Waals surface area contributed by atoms with Crippen LogP contribution < -0.4 is 30.7 Å². The third kappa shape index (κ3) is 7.05. The fourth-order valence-corrected chi connectivity index (χ4v) is 6.77. The lowest BCUT2D eigenvalue weighted by Gasteiger charge is -2.42. The quantitative estimate of drug-likeness (QED) is 0.297. The van der Waals surface area contributed by atoms with Gasteiger partial charge in [0.15, 0.2) is 10.2 Å². The molecule has 2 aromatic carbocycles. The molecule has 220 valence electrons. The first-order chi connectivity index (χ1) is 20.1. The molecule has 2 heterocycles. The van der Waals surface area contributed by atoms with E-state index in [2.05, 4.69) is 21.3 Å². The Hall–Kier alpha value is -2.66. The van der Waals surface area contributed by atoms with Gasteiger partial charge in [-0.2, -0.15) is 0 Å². The zero-order chi connectivity index (χ0) is 28.1. The van der Waals surface area contributed by atoms with E-state index < -0.39 is 5.41 Å². The number of rotatable bonds is 0. The SMILES string of the molecule is S=C1Nc2ccccc2OCC2(COc3ccccc3N1)COC1CCCCC1NC(=S)NC1CCCCC1OC2. The molecule has 8 nitrogen and oxygen atoms in total. The number of thiocarbonyl (C=S) groups is 2. The molecule has 2 aromatic rings. The Balaban J connectivity index is 1.35. The minimum atomic E-state index is -0.566. The van der Waals surface area contributed by atoms with Crippen molar-refractivity contribution in [1.29, 1.82) is 0 Å². The maximum absolute atomic E-state index is 6.77. The minimum absolute atomic E-state index is 0.0450. The van der Waals surface area contributed by atoms with Crippen molar-refractivity contribution in [2.45, 2.75) is 75.7 Å². The van der Waals surface area contributed by atoms with E-state index in [-0.39, 0.29) is 24.3 Å². The van der Waals surface area contributed by atoms with Crippen molar-refractivity contribution < 1.29 is 18.9 Å². The average molecular weight is 597 g/mol. The normalized spacial score (nSPS) is 28.6. The van der Waals surface area contributed by atoms with Crippen LogP contribution in [0.3, 0.4) is 0 Å². The molecule has 4 unspecified atom stereocenters. The van der Waals surface area contributed by atoms with Crippen LogP contribution in [0.15, 0.2) is 48.5 Å². The standard InChI is InChI=1S/C31H40N4O4S2/c40-29-32-21-9-1-5-13-25(21)36-17-31(18-37-26-14-6-2-10-22(26)33-29)19-38-27-15-7-3-11-23(27)34-30(41)35-24-12-4-8-16-28(24)39-20-31/h1-2,5-6,9-10,13-14,23-24,27-28H,3-4,7-8,11-12,15-20H2,(H2,32,33,40)(H2,34,35,41). The molecule has 0 amide bonds. The van der Waals surface area contributed by atoms with Crippen LogP contribution in [-0.4, -0.2) is 60.9 Å². The average Bonchev–Trinajstić information content (AvgIpc) is 2.98. The smallest absolute Gasteiger partial charge is 0.175 e. The number of fused-ring (bicyclic) bond motifs is 4. The minimum Gasteiger partial charge on any atom is -0.491 e. The number of nitrogens with one attached hydrogen (secondary N) is 4. The van der Waals surface area contributed by atoms with E-state index in [1.807, 2.05) is 48.5 Å². The van der Waals surface area contributed by atoms with Gasteiger partial charge < -0.3 is 40.2 Å². The maximum Gasteiger partial charge on any atom is 0.175 e. The molecule has 0 aromatic heterocycles. The summed E-state index contributed by atoms with van der Waals surface area (Å²) < 4.78 is 26.7. The molecule has 10 heteroatoms. The summed E-state index contributed by atoms with van der Waals surface area (Å²) in [6, 6.07) is 16.1. The largest absolute Gasteiger partial charge is 0.491 e. The summed E-state index contributed by atoms with van der Waals surface area (Å²) in [5.74, 6) is 1.44. The molecular weight excluding hydrogens is 556 g/mol. The van der Waals surface area contributed by atoms with Gasteiger partial charge >= 0.3 is 0 Å². The van der Waals surface area contributed by atoms with Crippen molar-refractivity contribution in [3.8, 4) is 11.5 Å². The number of para-hydroxylation sites is 4. The third-order valence-electron chi connectivity index (χ3n) is 8.58. The topological polar surface area (TPSA) is 85.0 Å². The van der Waals surface area contributed by atoms with Crippen molar-refractivity contribution >= 4 is 46.0 Å². The van der Waals surface area contributed by atoms with Crippen LogP contribution in [0.1, 0.15) is 51.4 Å². The summed E-state index contributed by atoms with van der Waals surface area (Å²) in [6.45, 7) is 1.61. The molecule has 1 saturated heterocycles. The number of ether oxygens (including phenoxy) is 4. The van der Waals surface area contributed by atoms with Gasteiger partial charge in [-0.3, -0.25) is 0 Å². The lowest BCUT2D eigenvalue weighted by molar-refractivity contribution is -0.118. The van der Waals surface area contributed by atoms with E-state index in [1.165, 1.54) is 12.8 Å². The summed E-state index contributed by atoms with van der Waals surface area (Å²) in [6.07, 6.45) is 8.76. The third-order valence-corrected chi connectivity index (χ3v) is 9.02. The van der Waals surface area contributed by atoms with Crippen molar-refractivity contribution in [1.82, 2.24) is 10.6 Å². The van der Waals surface area contributed by atoms with Crippen molar-refractivity contribution in [3.05, 3.63) is 48.5 Å². The van der Waals surface area contributed by atoms with Crippen LogP contribution in [0.2, 0.25) is 0 Å². The van der Waals surface area contributed by atoms with Gasteiger partial charge in [-0.1, -0.05) is 49.9 Å². The van der Waals surface area contributed by atoms with Crippen molar-refractivity contribution in [3.63, 3.8) is 0 Å². The number of anilines is 2. The van der Waals surface area contributed by atoms with Crippen LogP contribution in [-0.2, 0) is 9.47 Å². The molecule has 4 aliphatic rings. The summed E-state index contributed by atoms with van der Waals surface area (Å²) >= 11 is 11.4. The predicted octanol–water partition coefficient (Wildman–Crippen LogP) is 5.39. The molecule has 2 aliphatic carbocycles. The number of hydrogen-bond donors (Lipinski definition) is 4. The second-order valence-electron chi connectivity index (χ2n) is 11.7. The number of hydrogen-bond acceptors (Lipinski definition) is 6. The van der Waals surface area contributed by atoms with Gasteiger partial charge in [-0.05, 0) is 74.4 Å². The Morgan fingerprint density at radius 2 is 1.05 bits per heavy atom. The Morgan fingerprint density at radius 1 is 0.585 bits per heavy atom. The van der Waals surface area contributed by atoms with Gasteiger partial charge in [0, 0.05) is 0 Å². The summed E-state index contributed by atoms with van der Waals surface area (Å²) in [5, 5.41) is 15.0. The molecule has 3 fully saturated rings. The lowest BCUT2D eigenvalue weighted by atomic mass is 9.88. The van der Waals surface area contributed by atoms with Crippen molar-refractivity contribution in [2.75, 3.05) is 37.1 Å². The van der Waals surface area contributed by atoms with Gasteiger partial charge in [-0.25, -0.2) is 0 Å². The van der Waals surface area contributed by atoms with Gasteiger partial charge in [0.25, 0.3) is 0 Å². The monoisotopic (exact) mass is 596 g/mol. The van der Waals surface area contributed by atoms with Gasteiger partial charge in [-0.15, -0.1) is 0 Å². The van der Waals surface area contributed by atoms with Crippen LogP contribution in [0, 0.1) is 5.41 Å². The predicted molar refractivity (Wildman–Crippen MR) is 169 cm³/mol. The molecule has 4 N–H and O–H groups in total. The zero-order valence-corrected chi connectivity index (χ0v) is 25.0. The highest BCUT2D eigenvalue weighted by Crippen LogP contribution is 2.34. The van der Waals surface area contributed by atoms with Crippen LogP contribution in [0.4, 0.5) is 11.4 Å². The molecule has 1 spiro atoms. The van der Waals surface area contributed by atoms with Crippen LogP contribution >= 0.6 is 24.4 Å². The van der Waals surface area contributed by atoms with E-state index in [1.54, 1.807) is 0 Å². The molecule has 6 rings (SSSR count). The van der Waals surface area contributed by atoms with Gasteiger partial charge in [0.1, 0.15) is 24.7 Å². The first-order valence-corrected chi connectivity index (χ1v) is 15.7. The highest BCUT2D eigenvalue weighted by atomic mass is 32.1. The second kappa shape index (κ2) is 13.1.